The van der Waals surface area contributed by atoms with Crippen LogP contribution in [0.5, 0.6) is 0 Å². The maximum absolute atomic E-state index is 10.6. The molecule has 0 aromatic heterocycles. The molecule has 0 fully saturated rings. The number of hydrogen-bond donors (Lipinski definition) is 2. The summed E-state index contributed by atoms with van der Waals surface area (Å²) in [6, 6.07) is 0. The highest BCUT2D eigenvalue weighted by molar-refractivity contribution is 5.74. The SMILES string of the molecule is CCOC(=O)CN(C)C=N.CN. The normalized spacial score (nSPS) is 7.67. The van der Waals surface area contributed by atoms with Crippen LogP contribution in [0, 0.1) is 5.41 Å². The Morgan fingerprint density at radius 2 is 2.17 bits per heavy atom. The van der Waals surface area contributed by atoms with Crippen molar-refractivity contribution in [2.75, 3.05) is 27.2 Å². The zero-order valence-electron chi connectivity index (χ0n) is 7.83. The summed E-state index contributed by atoms with van der Waals surface area (Å²) in [4.78, 5) is 12.1. The number of ether oxygens (including phenoxy) is 1. The van der Waals surface area contributed by atoms with Crippen molar-refractivity contribution in [2.24, 2.45) is 5.73 Å². The summed E-state index contributed by atoms with van der Waals surface area (Å²) in [6.45, 7) is 2.30. The molecule has 12 heavy (non-hydrogen) atoms. The van der Waals surface area contributed by atoms with E-state index >= 15 is 0 Å². The number of hydrogen-bond acceptors (Lipinski definition) is 4. The van der Waals surface area contributed by atoms with E-state index in [9.17, 15) is 4.79 Å². The molecular weight excluding hydrogens is 158 g/mol. The summed E-state index contributed by atoms with van der Waals surface area (Å²) in [5.74, 6) is -0.298. The van der Waals surface area contributed by atoms with Crippen LogP contribution < -0.4 is 5.73 Å². The highest BCUT2D eigenvalue weighted by atomic mass is 16.5. The van der Waals surface area contributed by atoms with Crippen LogP contribution in [0.2, 0.25) is 0 Å². The van der Waals surface area contributed by atoms with Gasteiger partial charge in [-0.3, -0.25) is 10.2 Å². The molecule has 5 nitrogen and oxygen atoms in total. The summed E-state index contributed by atoms with van der Waals surface area (Å²) in [7, 11) is 3.14. The number of esters is 1. The van der Waals surface area contributed by atoms with E-state index in [1.54, 1.807) is 14.0 Å². The van der Waals surface area contributed by atoms with Gasteiger partial charge in [0.15, 0.2) is 0 Å². The summed E-state index contributed by atoms with van der Waals surface area (Å²) in [5.41, 5.74) is 4.50. The van der Waals surface area contributed by atoms with Gasteiger partial charge in [0.2, 0.25) is 0 Å². The van der Waals surface area contributed by atoms with Gasteiger partial charge in [-0.1, -0.05) is 0 Å². The van der Waals surface area contributed by atoms with E-state index in [1.807, 2.05) is 0 Å². The predicted molar refractivity (Wildman–Crippen MR) is 48.2 cm³/mol. The van der Waals surface area contributed by atoms with Gasteiger partial charge in [-0.15, -0.1) is 0 Å². The fourth-order valence-corrected chi connectivity index (χ4v) is 0.456. The molecule has 0 radical (unpaired) electrons. The molecule has 0 unspecified atom stereocenters. The van der Waals surface area contributed by atoms with Crippen molar-refractivity contribution >= 4 is 12.3 Å². The van der Waals surface area contributed by atoms with Gasteiger partial charge in [0.1, 0.15) is 6.54 Å². The lowest BCUT2D eigenvalue weighted by molar-refractivity contribution is -0.143. The predicted octanol–water partition coefficient (Wildman–Crippen LogP) is -0.337. The van der Waals surface area contributed by atoms with Crippen LogP contribution in [0.1, 0.15) is 6.92 Å². The second-order valence-electron chi connectivity index (χ2n) is 1.85. The lowest BCUT2D eigenvalue weighted by Crippen LogP contribution is -2.25. The quantitative estimate of drug-likeness (QED) is 0.348. The average molecular weight is 175 g/mol. The summed E-state index contributed by atoms with van der Waals surface area (Å²) in [5, 5.41) is 6.73. The number of nitrogens with one attached hydrogen (secondary N) is 1. The van der Waals surface area contributed by atoms with E-state index in [-0.39, 0.29) is 12.5 Å². The number of nitrogens with two attached hydrogens (primary N) is 1. The van der Waals surface area contributed by atoms with Crippen LogP contribution in [0.25, 0.3) is 0 Å². The van der Waals surface area contributed by atoms with Gasteiger partial charge in [-0.2, -0.15) is 0 Å². The second kappa shape index (κ2) is 9.90. The molecule has 0 aliphatic heterocycles. The smallest absolute Gasteiger partial charge is 0.325 e. The Labute approximate surface area is 73.0 Å². The Bertz CT molecular complexity index is 128. The Kier molecular flexibility index (Phi) is 11.1. The van der Waals surface area contributed by atoms with Crippen molar-refractivity contribution < 1.29 is 9.53 Å². The topological polar surface area (TPSA) is 79.4 Å². The first-order valence-corrected chi connectivity index (χ1v) is 3.65. The molecule has 0 aromatic carbocycles. The average Bonchev–Trinajstić information content (AvgIpc) is 2.08. The molecule has 0 amide bonds. The zero-order chi connectivity index (χ0) is 9.98. The van der Waals surface area contributed by atoms with Crippen LogP contribution in [-0.2, 0) is 9.53 Å². The molecule has 0 saturated heterocycles. The maximum atomic E-state index is 10.6. The van der Waals surface area contributed by atoms with E-state index in [0.717, 1.165) is 6.34 Å². The third-order valence-electron chi connectivity index (χ3n) is 0.904. The number of carbonyl (C=O) groups excluding carboxylic acids is 1. The molecule has 0 aliphatic carbocycles. The minimum Gasteiger partial charge on any atom is -0.465 e. The zero-order valence-corrected chi connectivity index (χ0v) is 7.83. The van der Waals surface area contributed by atoms with Crippen molar-refractivity contribution in [3.63, 3.8) is 0 Å². The van der Waals surface area contributed by atoms with Gasteiger partial charge < -0.3 is 15.4 Å². The fraction of sp³-hybridized carbons (Fsp3) is 0.714. The first-order chi connectivity index (χ1) is 5.70. The molecule has 3 N–H and O–H groups in total. The first kappa shape index (κ1) is 13.5. The van der Waals surface area contributed by atoms with E-state index in [0.29, 0.717) is 6.61 Å². The molecule has 0 aliphatic rings. The van der Waals surface area contributed by atoms with Gasteiger partial charge in [-0.05, 0) is 14.0 Å². The summed E-state index contributed by atoms with van der Waals surface area (Å²) >= 11 is 0. The van der Waals surface area contributed by atoms with Crippen molar-refractivity contribution in [3.8, 4) is 0 Å². The van der Waals surface area contributed by atoms with E-state index in [2.05, 4.69) is 10.5 Å². The first-order valence-electron chi connectivity index (χ1n) is 3.65. The van der Waals surface area contributed by atoms with Crippen molar-refractivity contribution in [2.45, 2.75) is 6.92 Å². The van der Waals surface area contributed by atoms with Crippen LogP contribution in [0.4, 0.5) is 0 Å². The number of nitrogens with zero attached hydrogens (tertiary/aromatic N) is 1. The molecule has 5 heteroatoms. The minimum absolute atomic E-state index is 0.150. The number of rotatable bonds is 4. The molecule has 0 bridgehead atoms. The monoisotopic (exact) mass is 175 g/mol. The Balaban J connectivity index is 0. The van der Waals surface area contributed by atoms with Crippen molar-refractivity contribution in [1.82, 2.24) is 4.90 Å². The standard InChI is InChI=1S/C6H12N2O2.CH5N/c1-3-10-6(9)4-8(2)5-7;1-2/h5,7H,3-4H2,1-2H3;2H2,1H3. The van der Waals surface area contributed by atoms with Crippen LogP contribution in [0.15, 0.2) is 0 Å². The van der Waals surface area contributed by atoms with Gasteiger partial charge in [0, 0.05) is 7.05 Å². The third kappa shape index (κ3) is 8.90. The fourth-order valence-electron chi connectivity index (χ4n) is 0.456. The van der Waals surface area contributed by atoms with E-state index in [1.165, 1.54) is 11.9 Å². The van der Waals surface area contributed by atoms with Crippen LogP contribution in [0.3, 0.4) is 0 Å². The molecular formula is C7H17N3O2. The van der Waals surface area contributed by atoms with Crippen molar-refractivity contribution in [3.05, 3.63) is 0 Å². The summed E-state index contributed by atoms with van der Waals surface area (Å²) in [6.07, 6.45) is 1.08. The molecule has 0 spiro atoms. The van der Waals surface area contributed by atoms with Crippen LogP contribution in [-0.4, -0.2) is 44.5 Å². The molecule has 0 saturated carbocycles. The van der Waals surface area contributed by atoms with Gasteiger partial charge in [0.05, 0.1) is 12.9 Å². The molecule has 0 atom stereocenters. The molecule has 0 heterocycles. The maximum Gasteiger partial charge on any atom is 0.325 e. The second-order valence-corrected chi connectivity index (χ2v) is 1.85. The van der Waals surface area contributed by atoms with Crippen LogP contribution >= 0.6 is 0 Å². The van der Waals surface area contributed by atoms with Gasteiger partial charge >= 0.3 is 5.97 Å². The Hall–Kier alpha value is -1.10. The molecule has 0 rings (SSSR count). The van der Waals surface area contributed by atoms with Gasteiger partial charge in [-0.25, -0.2) is 0 Å². The molecule has 72 valence electrons. The number of carbonyl (C=O) groups is 1. The third-order valence-corrected chi connectivity index (χ3v) is 0.904. The largest absolute Gasteiger partial charge is 0.465 e. The number of likely N-dealkylation sites (N-methyl/N-ethyl adjacent to an activating group) is 1. The van der Waals surface area contributed by atoms with E-state index < -0.39 is 0 Å². The molecule has 0 aromatic rings. The highest BCUT2D eigenvalue weighted by Crippen LogP contribution is 1.80. The summed E-state index contributed by atoms with van der Waals surface area (Å²) < 4.78 is 4.63. The Morgan fingerprint density at radius 3 is 2.50 bits per heavy atom. The Morgan fingerprint density at radius 1 is 1.67 bits per heavy atom. The lowest BCUT2D eigenvalue weighted by atomic mass is 10.6. The lowest BCUT2D eigenvalue weighted by Gasteiger charge is -2.09. The minimum atomic E-state index is -0.298. The van der Waals surface area contributed by atoms with Gasteiger partial charge in [0.25, 0.3) is 0 Å². The van der Waals surface area contributed by atoms with Crippen molar-refractivity contribution in [1.29, 1.82) is 5.41 Å². The van der Waals surface area contributed by atoms with E-state index in [4.69, 9.17) is 5.41 Å². The highest BCUT2D eigenvalue weighted by Gasteiger charge is 2.01.